The van der Waals surface area contributed by atoms with Gasteiger partial charge in [-0.2, -0.15) is 0 Å². The number of amides is 1. The molecule has 1 amide bonds. The van der Waals surface area contributed by atoms with Gasteiger partial charge in [0.25, 0.3) is 0 Å². The van der Waals surface area contributed by atoms with Crippen molar-refractivity contribution in [3.8, 4) is 0 Å². The molecule has 8 nitrogen and oxygen atoms in total. The van der Waals surface area contributed by atoms with Crippen molar-refractivity contribution in [2.45, 2.75) is 57.3 Å². The first-order chi connectivity index (χ1) is 13.4. The molecule has 1 heterocycles. The number of carboxylic acid groups (broad SMARTS) is 1. The van der Waals surface area contributed by atoms with Crippen LogP contribution in [0.1, 0.15) is 37.3 Å². The fourth-order valence-electron chi connectivity index (χ4n) is 3.50. The Morgan fingerprint density at radius 2 is 1.96 bits per heavy atom. The van der Waals surface area contributed by atoms with Gasteiger partial charge in [-0.15, -0.1) is 0 Å². The van der Waals surface area contributed by atoms with E-state index >= 15 is 0 Å². The van der Waals surface area contributed by atoms with Crippen LogP contribution in [-0.4, -0.2) is 59.6 Å². The maximum Gasteiger partial charge on any atom is 0.326 e. The second kappa shape index (κ2) is 10.2. The molecule has 3 atom stereocenters. The SMILES string of the molecule is COC(=O)[C@H](CCCCN)NC(C)C(=O)N1Cc2ccccc2CC1C(=O)O. The number of nitrogens with one attached hydrogen (secondary N) is 1. The third kappa shape index (κ3) is 5.30. The lowest BCUT2D eigenvalue weighted by atomic mass is 9.93. The van der Waals surface area contributed by atoms with E-state index in [1.54, 1.807) is 6.92 Å². The van der Waals surface area contributed by atoms with Gasteiger partial charge >= 0.3 is 11.9 Å². The molecule has 0 radical (unpaired) electrons. The predicted octanol–water partition coefficient (Wildman–Crippen LogP) is 0.673. The normalized spacial score (nSPS) is 18.1. The van der Waals surface area contributed by atoms with E-state index < -0.39 is 30.1 Å². The second-order valence-electron chi connectivity index (χ2n) is 7.04. The Bertz CT molecular complexity index is 709. The molecule has 0 spiro atoms. The number of nitrogens with two attached hydrogens (primary N) is 1. The zero-order valence-corrected chi connectivity index (χ0v) is 16.4. The highest BCUT2D eigenvalue weighted by molar-refractivity contribution is 5.88. The van der Waals surface area contributed by atoms with Gasteiger partial charge < -0.3 is 20.5 Å². The standard InChI is InChI=1S/C20H29N3O5/c1-13(22-16(20(27)28-2)9-5-6-10-21)18(24)23-12-15-8-4-3-7-14(15)11-17(23)19(25)26/h3-4,7-8,13,16-17,22H,5-6,9-12,21H2,1-2H3,(H,25,26)/t13?,16-,17?/m0/s1. The summed E-state index contributed by atoms with van der Waals surface area (Å²) >= 11 is 0. The van der Waals surface area contributed by atoms with Crippen molar-refractivity contribution in [1.29, 1.82) is 0 Å². The van der Waals surface area contributed by atoms with Gasteiger partial charge in [-0.1, -0.05) is 30.7 Å². The van der Waals surface area contributed by atoms with E-state index in [9.17, 15) is 19.5 Å². The minimum absolute atomic E-state index is 0.230. The number of aliphatic carboxylic acids is 1. The Kier molecular flexibility index (Phi) is 7.95. The first-order valence-electron chi connectivity index (χ1n) is 9.53. The molecule has 0 saturated carbocycles. The van der Waals surface area contributed by atoms with E-state index in [2.05, 4.69) is 5.32 Å². The number of methoxy groups -OCH3 is 1. The van der Waals surface area contributed by atoms with E-state index in [-0.39, 0.29) is 18.9 Å². The average Bonchev–Trinajstić information content (AvgIpc) is 2.70. The molecule has 0 aliphatic carbocycles. The molecule has 0 aromatic heterocycles. The molecule has 0 saturated heterocycles. The number of unbranched alkanes of at least 4 members (excludes halogenated alkanes) is 1. The van der Waals surface area contributed by atoms with Crippen LogP contribution in [-0.2, 0) is 32.1 Å². The van der Waals surface area contributed by atoms with Crippen LogP contribution in [0.4, 0.5) is 0 Å². The fourth-order valence-corrected chi connectivity index (χ4v) is 3.50. The molecule has 8 heteroatoms. The molecule has 2 unspecified atom stereocenters. The van der Waals surface area contributed by atoms with Crippen LogP contribution < -0.4 is 11.1 Å². The summed E-state index contributed by atoms with van der Waals surface area (Å²) in [5.41, 5.74) is 7.38. The van der Waals surface area contributed by atoms with Gasteiger partial charge in [0.05, 0.1) is 13.2 Å². The number of carboxylic acids is 1. The average molecular weight is 391 g/mol. The fraction of sp³-hybridized carbons (Fsp3) is 0.550. The Morgan fingerprint density at radius 1 is 1.29 bits per heavy atom. The summed E-state index contributed by atoms with van der Waals surface area (Å²) in [4.78, 5) is 38.2. The number of rotatable bonds is 9. The highest BCUT2D eigenvalue weighted by Gasteiger charge is 2.37. The van der Waals surface area contributed by atoms with Crippen molar-refractivity contribution < 1.29 is 24.2 Å². The molecule has 2 rings (SSSR count). The van der Waals surface area contributed by atoms with E-state index in [4.69, 9.17) is 10.5 Å². The molecule has 1 aliphatic heterocycles. The minimum Gasteiger partial charge on any atom is -0.480 e. The molecule has 28 heavy (non-hydrogen) atoms. The summed E-state index contributed by atoms with van der Waals surface area (Å²) in [6.07, 6.45) is 2.24. The molecule has 1 aliphatic rings. The minimum atomic E-state index is -1.04. The van der Waals surface area contributed by atoms with Crippen LogP contribution in [0, 0.1) is 0 Å². The lowest BCUT2D eigenvalue weighted by Gasteiger charge is -2.36. The van der Waals surface area contributed by atoms with Crippen LogP contribution in [0.25, 0.3) is 0 Å². The van der Waals surface area contributed by atoms with E-state index in [1.807, 2.05) is 24.3 Å². The molecular weight excluding hydrogens is 362 g/mol. The molecule has 1 aromatic carbocycles. The van der Waals surface area contributed by atoms with Crippen LogP contribution in [0.2, 0.25) is 0 Å². The summed E-state index contributed by atoms with van der Waals surface area (Å²) in [5, 5.41) is 12.6. The lowest BCUT2D eigenvalue weighted by molar-refractivity contribution is -0.153. The van der Waals surface area contributed by atoms with E-state index in [1.165, 1.54) is 12.0 Å². The summed E-state index contributed by atoms with van der Waals surface area (Å²) in [5.74, 6) is -1.84. The molecule has 4 N–H and O–H groups in total. The van der Waals surface area contributed by atoms with Crippen molar-refractivity contribution >= 4 is 17.8 Å². The van der Waals surface area contributed by atoms with Crippen LogP contribution in [0.3, 0.4) is 0 Å². The van der Waals surface area contributed by atoms with Crippen molar-refractivity contribution in [1.82, 2.24) is 10.2 Å². The number of nitrogens with zero attached hydrogens (tertiary/aromatic N) is 1. The van der Waals surface area contributed by atoms with Crippen molar-refractivity contribution in [3.63, 3.8) is 0 Å². The van der Waals surface area contributed by atoms with Gasteiger partial charge in [0.1, 0.15) is 12.1 Å². The van der Waals surface area contributed by atoms with Gasteiger partial charge in [0.2, 0.25) is 5.91 Å². The predicted molar refractivity (Wildman–Crippen MR) is 103 cm³/mol. The number of ether oxygens (including phenoxy) is 1. The van der Waals surface area contributed by atoms with Crippen molar-refractivity contribution in [2.24, 2.45) is 5.73 Å². The molecule has 0 fully saturated rings. The topological polar surface area (TPSA) is 122 Å². The van der Waals surface area contributed by atoms with Gasteiger partial charge in [-0.3, -0.25) is 14.9 Å². The molecule has 0 bridgehead atoms. The molecular formula is C20H29N3O5. The molecule has 154 valence electrons. The Labute approximate surface area is 165 Å². The summed E-state index contributed by atoms with van der Waals surface area (Å²) < 4.78 is 4.82. The van der Waals surface area contributed by atoms with E-state index in [0.29, 0.717) is 13.0 Å². The summed E-state index contributed by atoms with van der Waals surface area (Å²) in [6.45, 7) is 2.39. The number of carbonyl (C=O) groups excluding carboxylic acids is 2. The first-order valence-corrected chi connectivity index (χ1v) is 9.53. The lowest BCUT2D eigenvalue weighted by Crippen LogP contribution is -2.56. The number of hydrogen-bond donors (Lipinski definition) is 3. The monoisotopic (exact) mass is 391 g/mol. The number of carbonyl (C=O) groups is 3. The van der Waals surface area contributed by atoms with Crippen LogP contribution in [0.15, 0.2) is 24.3 Å². The highest BCUT2D eigenvalue weighted by atomic mass is 16.5. The second-order valence-corrected chi connectivity index (χ2v) is 7.04. The third-order valence-corrected chi connectivity index (χ3v) is 5.07. The summed E-state index contributed by atoms with van der Waals surface area (Å²) in [7, 11) is 1.30. The van der Waals surface area contributed by atoms with Crippen molar-refractivity contribution in [2.75, 3.05) is 13.7 Å². The number of hydrogen-bond acceptors (Lipinski definition) is 6. The Balaban J connectivity index is 2.12. The van der Waals surface area contributed by atoms with Crippen LogP contribution >= 0.6 is 0 Å². The zero-order chi connectivity index (χ0) is 20.7. The van der Waals surface area contributed by atoms with Crippen LogP contribution in [0.5, 0.6) is 0 Å². The first kappa shape index (κ1) is 21.8. The Hall–Kier alpha value is -2.45. The largest absolute Gasteiger partial charge is 0.480 e. The highest BCUT2D eigenvalue weighted by Crippen LogP contribution is 2.24. The van der Waals surface area contributed by atoms with Gasteiger partial charge in [0, 0.05) is 13.0 Å². The third-order valence-electron chi connectivity index (χ3n) is 5.07. The van der Waals surface area contributed by atoms with Gasteiger partial charge in [-0.25, -0.2) is 4.79 Å². The summed E-state index contributed by atoms with van der Waals surface area (Å²) in [6, 6.07) is 5.22. The van der Waals surface area contributed by atoms with Gasteiger partial charge in [0.15, 0.2) is 0 Å². The number of benzene rings is 1. The maximum absolute atomic E-state index is 13.0. The maximum atomic E-state index is 13.0. The zero-order valence-electron chi connectivity index (χ0n) is 16.4. The number of esters is 1. The van der Waals surface area contributed by atoms with E-state index in [0.717, 1.165) is 24.0 Å². The quantitative estimate of drug-likeness (QED) is 0.418. The smallest absolute Gasteiger partial charge is 0.326 e. The number of fused-ring (bicyclic) bond motifs is 1. The van der Waals surface area contributed by atoms with Crippen molar-refractivity contribution in [3.05, 3.63) is 35.4 Å². The Morgan fingerprint density at radius 3 is 2.57 bits per heavy atom. The molecule has 1 aromatic rings. The van der Waals surface area contributed by atoms with Gasteiger partial charge in [-0.05, 0) is 37.4 Å².